The summed E-state index contributed by atoms with van der Waals surface area (Å²) in [4.78, 5) is 6.68. The van der Waals surface area contributed by atoms with E-state index in [1.165, 1.54) is 19.3 Å². The van der Waals surface area contributed by atoms with Crippen LogP contribution in [-0.2, 0) is 5.60 Å². The van der Waals surface area contributed by atoms with Crippen molar-refractivity contribution in [1.82, 2.24) is 10.2 Å². The molecule has 1 fully saturated rings. The Labute approximate surface area is 133 Å². The van der Waals surface area contributed by atoms with Gasteiger partial charge < -0.3 is 19.7 Å². The number of aliphatic imine (C=N–C) groups is 1. The van der Waals surface area contributed by atoms with Crippen LogP contribution in [0.4, 0.5) is 0 Å². The van der Waals surface area contributed by atoms with Gasteiger partial charge in [-0.1, -0.05) is 13.8 Å². The topological polar surface area (TPSA) is 61.0 Å². The van der Waals surface area contributed by atoms with E-state index in [9.17, 15) is 5.11 Å². The fourth-order valence-corrected chi connectivity index (χ4v) is 3.20. The van der Waals surface area contributed by atoms with Crippen molar-refractivity contribution in [3.63, 3.8) is 0 Å². The Morgan fingerprint density at radius 3 is 2.73 bits per heavy atom. The van der Waals surface area contributed by atoms with E-state index in [0.717, 1.165) is 19.0 Å². The summed E-state index contributed by atoms with van der Waals surface area (Å²) in [5.74, 6) is 1.42. The van der Waals surface area contributed by atoms with E-state index in [1.807, 2.05) is 0 Å². The van der Waals surface area contributed by atoms with E-state index in [4.69, 9.17) is 4.42 Å². The fraction of sp³-hybridized carbons (Fsp3) is 0.706. The molecule has 2 rings (SSSR count). The van der Waals surface area contributed by atoms with Gasteiger partial charge in [-0.05, 0) is 43.7 Å². The van der Waals surface area contributed by atoms with Gasteiger partial charge in [0.05, 0.1) is 12.8 Å². The number of hydrogen-bond donors (Lipinski definition) is 2. The van der Waals surface area contributed by atoms with E-state index in [-0.39, 0.29) is 0 Å². The Balaban J connectivity index is 1.97. The molecule has 1 aliphatic heterocycles. The van der Waals surface area contributed by atoms with Crippen LogP contribution < -0.4 is 5.32 Å². The van der Waals surface area contributed by atoms with Gasteiger partial charge in [-0.25, -0.2) is 0 Å². The maximum atomic E-state index is 10.5. The van der Waals surface area contributed by atoms with Gasteiger partial charge in [0.25, 0.3) is 0 Å². The molecule has 5 nitrogen and oxygen atoms in total. The van der Waals surface area contributed by atoms with Crippen LogP contribution in [0.15, 0.2) is 27.8 Å². The van der Waals surface area contributed by atoms with Crippen LogP contribution in [0.1, 0.15) is 45.8 Å². The number of hydrogen-bond acceptors (Lipinski definition) is 3. The monoisotopic (exact) mass is 307 g/mol. The zero-order valence-corrected chi connectivity index (χ0v) is 14.2. The predicted molar refractivity (Wildman–Crippen MR) is 88.8 cm³/mol. The number of nitrogens with one attached hydrogen (secondary N) is 1. The van der Waals surface area contributed by atoms with Gasteiger partial charge in [0, 0.05) is 20.1 Å². The molecule has 1 aliphatic rings. The Hall–Kier alpha value is -1.49. The zero-order valence-electron chi connectivity index (χ0n) is 14.2. The van der Waals surface area contributed by atoms with Crippen LogP contribution in [-0.4, -0.2) is 42.6 Å². The average molecular weight is 307 g/mol. The molecule has 1 atom stereocenters. The van der Waals surface area contributed by atoms with Crippen LogP contribution in [0.2, 0.25) is 0 Å². The highest BCUT2D eigenvalue weighted by Gasteiger charge is 2.36. The second-order valence-electron chi connectivity index (χ2n) is 6.53. The maximum absolute atomic E-state index is 10.5. The maximum Gasteiger partial charge on any atom is 0.193 e. The third-order valence-corrected chi connectivity index (χ3v) is 5.09. The summed E-state index contributed by atoms with van der Waals surface area (Å²) >= 11 is 0. The summed E-state index contributed by atoms with van der Waals surface area (Å²) in [6.07, 6.45) is 5.17. The first-order valence-electron chi connectivity index (χ1n) is 8.18. The van der Waals surface area contributed by atoms with Gasteiger partial charge in [-0.3, -0.25) is 4.99 Å². The minimum absolute atomic E-state index is 0.370. The summed E-state index contributed by atoms with van der Waals surface area (Å²) in [6, 6.07) is 3.58. The molecule has 0 spiro atoms. The molecule has 1 unspecified atom stereocenters. The highest BCUT2D eigenvalue weighted by molar-refractivity contribution is 5.80. The first-order chi connectivity index (χ1) is 10.5. The van der Waals surface area contributed by atoms with Crippen molar-refractivity contribution in [2.45, 2.75) is 45.6 Å². The number of furan rings is 1. The molecule has 2 heterocycles. The second kappa shape index (κ2) is 6.73. The van der Waals surface area contributed by atoms with E-state index in [0.29, 0.717) is 17.7 Å². The molecule has 0 aliphatic carbocycles. The molecule has 1 aromatic heterocycles. The quantitative estimate of drug-likeness (QED) is 0.648. The molecular weight excluding hydrogens is 278 g/mol. The number of guanidine groups is 1. The number of nitrogens with zero attached hydrogens (tertiary/aromatic N) is 2. The van der Waals surface area contributed by atoms with Crippen molar-refractivity contribution < 1.29 is 9.52 Å². The van der Waals surface area contributed by atoms with Crippen molar-refractivity contribution in [2.75, 3.05) is 26.7 Å². The molecule has 0 bridgehead atoms. The first kappa shape index (κ1) is 16.9. The van der Waals surface area contributed by atoms with Crippen LogP contribution in [0.5, 0.6) is 0 Å². The third kappa shape index (κ3) is 3.46. The summed E-state index contributed by atoms with van der Waals surface area (Å²) in [6.45, 7) is 8.70. The van der Waals surface area contributed by atoms with Crippen LogP contribution in [0.25, 0.3) is 0 Å². The van der Waals surface area contributed by atoms with Crippen molar-refractivity contribution >= 4 is 5.96 Å². The molecule has 5 heteroatoms. The third-order valence-electron chi connectivity index (χ3n) is 5.09. The van der Waals surface area contributed by atoms with Gasteiger partial charge in [0.1, 0.15) is 11.4 Å². The Morgan fingerprint density at radius 1 is 1.50 bits per heavy atom. The van der Waals surface area contributed by atoms with Crippen molar-refractivity contribution in [1.29, 1.82) is 0 Å². The van der Waals surface area contributed by atoms with Crippen LogP contribution in [0, 0.1) is 5.41 Å². The lowest BCUT2D eigenvalue weighted by Crippen LogP contribution is -2.46. The molecule has 0 saturated carbocycles. The Kier molecular flexibility index (Phi) is 5.16. The van der Waals surface area contributed by atoms with Gasteiger partial charge >= 0.3 is 0 Å². The lowest BCUT2D eigenvalue weighted by Gasteiger charge is -2.29. The van der Waals surface area contributed by atoms with Crippen molar-refractivity contribution in [3.05, 3.63) is 24.2 Å². The SMILES string of the molecule is CCC1(CC)CCN(C(=NC)NCC(C)(O)c2ccco2)C1. The van der Waals surface area contributed by atoms with Gasteiger partial charge in [0.15, 0.2) is 5.96 Å². The average Bonchev–Trinajstić information content (AvgIpc) is 3.18. The second-order valence-corrected chi connectivity index (χ2v) is 6.53. The largest absolute Gasteiger partial charge is 0.466 e. The number of likely N-dealkylation sites (tertiary alicyclic amines) is 1. The molecule has 0 radical (unpaired) electrons. The summed E-state index contributed by atoms with van der Waals surface area (Å²) in [5, 5.41) is 13.8. The van der Waals surface area contributed by atoms with E-state index >= 15 is 0 Å². The Morgan fingerprint density at radius 2 is 2.23 bits per heavy atom. The minimum atomic E-state index is -1.05. The highest BCUT2D eigenvalue weighted by atomic mass is 16.4. The zero-order chi connectivity index (χ0) is 16.2. The number of aliphatic hydroxyl groups is 1. The van der Waals surface area contributed by atoms with Gasteiger partial charge in [-0.15, -0.1) is 0 Å². The first-order valence-corrected chi connectivity index (χ1v) is 8.18. The smallest absolute Gasteiger partial charge is 0.193 e. The standard InChI is InChI=1S/C17H29N3O2/c1-5-17(6-2)9-10-20(13-17)15(18-4)19-12-16(3,21)14-8-7-11-22-14/h7-8,11,21H,5-6,9-10,12-13H2,1-4H3,(H,18,19). The highest BCUT2D eigenvalue weighted by Crippen LogP contribution is 2.36. The van der Waals surface area contributed by atoms with E-state index < -0.39 is 5.60 Å². The fourth-order valence-electron chi connectivity index (χ4n) is 3.20. The number of rotatable bonds is 5. The van der Waals surface area contributed by atoms with Crippen LogP contribution in [0.3, 0.4) is 0 Å². The molecule has 0 aromatic carbocycles. The van der Waals surface area contributed by atoms with Crippen molar-refractivity contribution in [2.24, 2.45) is 10.4 Å². The lowest BCUT2D eigenvalue weighted by atomic mass is 9.82. The molecule has 0 amide bonds. The molecule has 1 aromatic rings. The normalized spacial score (nSPS) is 21.0. The molecular formula is C17H29N3O2. The molecule has 22 heavy (non-hydrogen) atoms. The lowest BCUT2D eigenvalue weighted by molar-refractivity contribution is 0.0380. The molecule has 1 saturated heterocycles. The molecule has 124 valence electrons. The predicted octanol–water partition coefficient (Wildman–Crippen LogP) is 2.57. The summed E-state index contributed by atoms with van der Waals surface area (Å²) in [7, 11) is 1.79. The van der Waals surface area contributed by atoms with Gasteiger partial charge in [-0.2, -0.15) is 0 Å². The minimum Gasteiger partial charge on any atom is -0.466 e. The molecule has 2 N–H and O–H groups in total. The van der Waals surface area contributed by atoms with Gasteiger partial charge in [0.2, 0.25) is 0 Å². The van der Waals surface area contributed by atoms with Crippen molar-refractivity contribution in [3.8, 4) is 0 Å². The van der Waals surface area contributed by atoms with Crippen LogP contribution >= 0.6 is 0 Å². The summed E-state index contributed by atoms with van der Waals surface area (Å²) < 4.78 is 5.31. The summed E-state index contributed by atoms with van der Waals surface area (Å²) in [5.41, 5.74) is -0.646. The van der Waals surface area contributed by atoms with E-state index in [2.05, 4.69) is 29.1 Å². The Bertz CT molecular complexity index is 490. The van der Waals surface area contributed by atoms with E-state index in [1.54, 1.807) is 32.4 Å².